The molecule has 104 valence electrons. The average Bonchev–Trinajstić information content (AvgIpc) is 2.36. The van der Waals surface area contributed by atoms with Gasteiger partial charge in [0, 0.05) is 36.7 Å². The first-order chi connectivity index (χ1) is 8.97. The second-order valence-electron chi connectivity index (χ2n) is 4.80. The van der Waals surface area contributed by atoms with E-state index in [0.29, 0.717) is 18.1 Å². The molecule has 19 heavy (non-hydrogen) atoms. The monoisotopic (exact) mass is 346 g/mol. The molecule has 1 fully saturated rings. The molecule has 0 aliphatic carbocycles. The van der Waals surface area contributed by atoms with Crippen LogP contribution in [-0.4, -0.2) is 46.7 Å². The first-order valence-electron chi connectivity index (χ1n) is 6.13. The number of halogens is 2. The van der Waals surface area contributed by atoms with Crippen LogP contribution in [-0.2, 0) is 6.54 Å². The number of carbonyl (C=O) groups is 1. The van der Waals surface area contributed by atoms with Gasteiger partial charge in [0.15, 0.2) is 0 Å². The zero-order valence-corrected chi connectivity index (χ0v) is 13.0. The van der Waals surface area contributed by atoms with Crippen molar-refractivity contribution in [3.05, 3.63) is 33.3 Å². The van der Waals surface area contributed by atoms with Gasteiger partial charge in [0.2, 0.25) is 0 Å². The molecule has 1 atom stereocenters. The summed E-state index contributed by atoms with van der Waals surface area (Å²) in [6, 6.07) is 6.11. The quantitative estimate of drug-likeness (QED) is 0.893. The van der Waals surface area contributed by atoms with E-state index in [2.05, 4.69) is 27.8 Å². The standard InChI is InChI=1S/C13H16BrClN2O2/c1-9-7-17(13(18)19)5-4-16(9)8-10-2-3-12(15)11(14)6-10/h2-3,6,9H,4-5,7-8H2,1H3,(H,18,19). The van der Waals surface area contributed by atoms with E-state index in [-0.39, 0.29) is 6.04 Å². The Bertz CT molecular complexity index is 484. The minimum atomic E-state index is -0.833. The minimum Gasteiger partial charge on any atom is -0.465 e. The molecule has 1 aliphatic rings. The van der Waals surface area contributed by atoms with Crippen molar-refractivity contribution in [2.24, 2.45) is 0 Å². The molecule has 4 nitrogen and oxygen atoms in total. The summed E-state index contributed by atoms with van der Waals surface area (Å²) in [5, 5.41) is 9.69. The molecule has 1 aliphatic heterocycles. The highest BCUT2D eigenvalue weighted by Crippen LogP contribution is 2.24. The number of hydrogen-bond donors (Lipinski definition) is 1. The molecule has 0 bridgehead atoms. The van der Waals surface area contributed by atoms with Crippen molar-refractivity contribution >= 4 is 33.6 Å². The predicted octanol–water partition coefficient (Wildman–Crippen LogP) is 3.29. The van der Waals surface area contributed by atoms with Crippen LogP contribution in [0.2, 0.25) is 5.02 Å². The number of nitrogens with zero attached hydrogens (tertiary/aromatic N) is 2. The molecule has 1 unspecified atom stereocenters. The summed E-state index contributed by atoms with van der Waals surface area (Å²) >= 11 is 9.39. The van der Waals surface area contributed by atoms with Crippen LogP contribution < -0.4 is 0 Å². The summed E-state index contributed by atoms with van der Waals surface area (Å²) in [4.78, 5) is 14.7. The van der Waals surface area contributed by atoms with Crippen LogP contribution in [0, 0.1) is 0 Å². The van der Waals surface area contributed by atoms with E-state index in [1.54, 1.807) is 0 Å². The third kappa shape index (κ3) is 3.61. The van der Waals surface area contributed by atoms with Crippen LogP contribution in [0.25, 0.3) is 0 Å². The molecule has 1 amide bonds. The molecule has 1 heterocycles. The van der Waals surface area contributed by atoms with Crippen molar-refractivity contribution in [2.75, 3.05) is 19.6 Å². The largest absolute Gasteiger partial charge is 0.465 e. The van der Waals surface area contributed by atoms with Crippen molar-refractivity contribution < 1.29 is 9.90 Å². The Morgan fingerprint density at radius 2 is 2.26 bits per heavy atom. The van der Waals surface area contributed by atoms with Crippen LogP contribution in [0.4, 0.5) is 4.79 Å². The van der Waals surface area contributed by atoms with Gasteiger partial charge in [-0.1, -0.05) is 17.7 Å². The number of rotatable bonds is 2. The Kier molecular flexibility index (Phi) is 4.71. The third-order valence-electron chi connectivity index (χ3n) is 3.41. The van der Waals surface area contributed by atoms with E-state index >= 15 is 0 Å². The lowest BCUT2D eigenvalue weighted by Crippen LogP contribution is -2.52. The van der Waals surface area contributed by atoms with Crippen molar-refractivity contribution in [3.8, 4) is 0 Å². The summed E-state index contributed by atoms with van der Waals surface area (Å²) in [6.45, 7) is 4.75. The van der Waals surface area contributed by atoms with Crippen molar-refractivity contribution in [1.82, 2.24) is 9.80 Å². The zero-order chi connectivity index (χ0) is 14.0. The molecule has 0 aromatic heterocycles. The van der Waals surface area contributed by atoms with E-state index in [9.17, 15) is 4.79 Å². The molecule has 1 aromatic rings. The van der Waals surface area contributed by atoms with Gasteiger partial charge in [-0.3, -0.25) is 4.90 Å². The van der Waals surface area contributed by atoms with Gasteiger partial charge in [0.25, 0.3) is 0 Å². The van der Waals surface area contributed by atoms with Crippen molar-refractivity contribution in [3.63, 3.8) is 0 Å². The summed E-state index contributed by atoms with van der Waals surface area (Å²) in [6.07, 6.45) is -0.833. The summed E-state index contributed by atoms with van der Waals surface area (Å²) in [5.41, 5.74) is 1.17. The first kappa shape index (κ1) is 14.6. The van der Waals surface area contributed by atoms with Crippen LogP contribution in [0.15, 0.2) is 22.7 Å². The Morgan fingerprint density at radius 3 is 2.84 bits per heavy atom. The highest BCUT2D eigenvalue weighted by Gasteiger charge is 2.26. The second-order valence-corrected chi connectivity index (χ2v) is 6.06. The Labute approximate surface area is 126 Å². The van der Waals surface area contributed by atoms with Gasteiger partial charge in [-0.2, -0.15) is 0 Å². The summed E-state index contributed by atoms with van der Waals surface area (Å²) in [5.74, 6) is 0. The number of carboxylic acid groups (broad SMARTS) is 1. The van der Waals surface area contributed by atoms with Gasteiger partial charge in [-0.15, -0.1) is 0 Å². The minimum absolute atomic E-state index is 0.222. The van der Waals surface area contributed by atoms with E-state index in [0.717, 1.165) is 17.6 Å². The Hall–Kier alpha value is -0.780. The molecule has 6 heteroatoms. The topological polar surface area (TPSA) is 43.8 Å². The molecule has 0 saturated carbocycles. The molecular weight excluding hydrogens is 332 g/mol. The fraction of sp³-hybridized carbons (Fsp3) is 0.462. The fourth-order valence-corrected chi connectivity index (χ4v) is 2.82. The van der Waals surface area contributed by atoms with Gasteiger partial charge >= 0.3 is 6.09 Å². The van der Waals surface area contributed by atoms with E-state index in [1.807, 2.05) is 18.2 Å². The maximum atomic E-state index is 10.9. The number of amides is 1. The van der Waals surface area contributed by atoms with E-state index in [4.69, 9.17) is 16.7 Å². The smallest absolute Gasteiger partial charge is 0.407 e. The molecule has 1 aromatic carbocycles. The number of hydrogen-bond acceptors (Lipinski definition) is 2. The number of benzene rings is 1. The van der Waals surface area contributed by atoms with E-state index < -0.39 is 6.09 Å². The fourth-order valence-electron chi connectivity index (χ4n) is 2.28. The predicted molar refractivity (Wildman–Crippen MR) is 78.6 cm³/mol. The normalized spacial score (nSPS) is 20.6. The third-order valence-corrected chi connectivity index (χ3v) is 4.62. The summed E-state index contributed by atoms with van der Waals surface area (Å²) in [7, 11) is 0. The highest BCUT2D eigenvalue weighted by molar-refractivity contribution is 9.10. The van der Waals surface area contributed by atoms with Gasteiger partial charge in [0.05, 0.1) is 5.02 Å². The van der Waals surface area contributed by atoms with Gasteiger partial charge in [0.1, 0.15) is 0 Å². The van der Waals surface area contributed by atoms with E-state index in [1.165, 1.54) is 10.5 Å². The van der Waals surface area contributed by atoms with Crippen molar-refractivity contribution in [2.45, 2.75) is 19.5 Å². The van der Waals surface area contributed by atoms with Crippen LogP contribution in [0.5, 0.6) is 0 Å². The maximum Gasteiger partial charge on any atom is 0.407 e. The molecular formula is C13H16BrClN2O2. The van der Waals surface area contributed by atoms with Gasteiger partial charge in [-0.25, -0.2) is 4.79 Å². The van der Waals surface area contributed by atoms with Gasteiger partial charge < -0.3 is 10.0 Å². The maximum absolute atomic E-state index is 10.9. The lowest BCUT2D eigenvalue weighted by atomic mass is 10.1. The lowest BCUT2D eigenvalue weighted by Gasteiger charge is -2.38. The average molecular weight is 348 g/mol. The molecule has 0 spiro atoms. The first-order valence-corrected chi connectivity index (χ1v) is 7.30. The second kappa shape index (κ2) is 6.11. The molecule has 1 saturated heterocycles. The molecule has 0 radical (unpaired) electrons. The van der Waals surface area contributed by atoms with Crippen LogP contribution in [0.1, 0.15) is 12.5 Å². The number of piperazine rings is 1. The van der Waals surface area contributed by atoms with Crippen LogP contribution in [0.3, 0.4) is 0 Å². The SMILES string of the molecule is CC1CN(C(=O)O)CCN1Cc1ccc(Cl)c(Br)c1. The summed E-state index contributed by atoms with van der Waals surface area (Å²) < 4.78 is 0.892. The van der Waals surface area contributed by atoms with Gasteiger partial charge in [-0.05, 0) is 40.5 Å². The highest BCUT2D eigenvalue weighted by atomic mass is 79.9. The van der Waals surface area contributed by atoms with Crippen molar-refractivity contribution in [1.29, 1.82) is 0 Å². The Balaban J connectivity index is 2.00. The van der Waals surface area contributed by atoms with Crippen LogP contribution >= 0.6 is 27.5 Å². The lowest BCUT2D eigenvalue weighted by molar-refractivity contribution is 0.0712. The molecule has 2 rings (SSSR count). The molecule has 1 N–H and O–H groups in total. The zero-order valence-electron chi connectivity index (χ0n) is 10.6. The Morgan fingerprint density at radius 1 is 1.53 bits per heavy atom.